The first-order valence-corrected chi connectivity index (χ1v) is 12.8. The minimum Gasteiger partial charge on any atom is -0.298 e. The van der Waals surface area contributed by atoms with Crippen molar-refractivity contribution in [2.24, 2.45) is 5.92 Å². The van der Waals surface area contributed by atoms with Crippen molar-refractivity contribution in [3.63, 3.8) is 0 Å². The second-order valence-electron chi connectivity index (χ2n) is 9.62. The second-order valence-corrected chi connectivity index (χ2v) is 10.4. The summed E-state index contributed by atoms with van der Waals surface area (Å²) in [6, 6.07) is 19.9. The molecule has 0 bridgehead atoms. The van der Waals surface area contributed by atoms with Gasteiger partial charge in [0.05, 0.1) is 11.5 Å². The fraction of sp³-hybridized carbons (Fsp3) is 0.536. The Morgan fingerprint density at radius 1 is 1.00 bits per heavy atom. The van der Waals surface area contributed by atoms with Gasteiger partial charge in [-0.2, -0.15) is 5.26 Å². The van der Waals surface area contributed by atoms with Crippen LogP contribution in [0.15, 0.2) is 48.5 Å². The van der Waals surface area contributed by atoms with Gasteiger partial charge in [0.2, 0.25) is 0 Å². The monoisotopic (exact) mass is 470 g/mol. The molecule has 2 aromatic carbocycles. The molecule has 1 saturated carbocycles. The third kappa shape index (κ3) is 5.69. The van der Waals surface area contributed by atoms with Crippen LogP contribution in [-0.2, 0) is 11.8 Å². The molecule has 4 heteroatoms. The summed E-state index contributed by atoms with van der Waals surface area (Å²) in [5.41, 5.74) is 1.60. The number of nitriles is 1. The average Bonchev–Trinajstić information content (AvgIpc) is 3.32. The Morgan fingerprint density at radius 2 is 1.62 bits per heavy atom. The third-order valence-corrected chi connectivity index (χ3v) is 7.98. The lowest BCUT2D eigenvalue weighted by Gasteiger charge is -2.38. The van der Waals surface area contributed by atoms with E-state index in [4.69, 9.17) is 23.2 Å². The van der Waals surface area contributed by atoms with Crippen LogP contribution in [0.1, 0.15) is 70.4 Å². The molecule has 0 amide bonds. The summed E-state index contributed by atoms with van der Waals surface area (Å²) in [4.78, 5) is 2.57. The highest BCUT2D eigenvalue weighted by Gasteiger charge is 2.44. The van der Waals surface area contributed by atoms with Gasteiger partial charge in [0.25, 0.3) is 0 Å². The van der Waals surface area contributed by atoms with E-state index in [1.54, 1.807) is 0 Å². The molecule has 2 atom stereocenters. The normalized spacial score (nSPS) is 17.4. The number of halogens is 2. The van der Waals surface area contributed by atoms with Crippen LogP contribution in [0, 0.1) is 17.2 Å². The summed E-state index contributed by atoms with van der Waals surface area (Å²) in [5.74, 6) is 0.314. The van der Waals surface area contributed by atoms with Crippen molar-refractivity contribution in [2.75, 3.05) is 6.54 Å². The predicted octanol–water partition coefficient (Wildman–Crippen LogP) is 8.07. The van der Waals surface area contributed by atoms with Crippen molar-refractivity contribution in [3.8, 4) is 6.07 Å². The molecule has 2 nitrogen and oxygen atoms in total. The molecular weight excluding hydrogens is 435 g/mol. The van der Waals surface area contributed by atoms with Gasteiger partial charge in [-0.1, -0.05) is 72.4 Å². The maximum atomic E-state index is 10.6. The van der Waals surface area contributed by atoms with Crippen molar-refractivity contribution in [1.29, 1.82) is 5.26 Å². The molecule has 1 aliphatic rings. The summed E-state index contributed by atoms with van der Waals surface area (Å²) in [7, 11) is 0. The number of hydrogen-bond acceptors (Lipinski definition) is 2. The highest BCUT2D eigenvalue weighted by Crippen LogP contribution is 2.49. The van der Waals surface area contributed by atoms with Crippen LogP contribution in [0.25, 0.3) is 0 Å². The summed E-state index contributed by atoms with van der Waals surface area (Å²) in [6.07, 6.45) is 7.27. The number of benzene rings is 2. The molecule has 3 rings (SSSR count). The van der Waals surface area contributed by atoms with Gasteiger partial charge < -0.3 is 0 Å². The molecule has 0 heterocycles. The quantitative estimate of drug-likeness (QED) is 0.350. The molecular formula is C28H36Cl2N2. The van der Waals surface area contributed by atoms with E-state index in [1.165, 1.54) is 18.4 Å². The first kappa shape index (κ1) is 25.1. The zero-order valence-corrected chi connectivity index (χ0v) is 21.2. The van der Waals surface area contributed by atoms with Crippen LogP contribution in [-0.4, -0.2) is 23.5 Å². The molecule has 0 saturated heterocycles. The fourth-order valence-electron chi connectivity index (χ4n) is 5.57. The molecule has 1 aliphatic carbocycles. The molecule has 172 valence electrons. The minimum atomic E-state index is -0.623. The summed E-state index contributed by atoms with van der Waals surface area (Å²) in [5, 5.41) is 11.8. The lowest BCUT2D eigenvalue weighted by molar-refractivity contribution is 0.147. The summed E-state index contributed by atoms with van der Waals surface area (Å²) < 4.78 is 0. The second kappa shape index (κ2) is 11.6. The van der Waals surface area contributed by atoms with Gasteiger partial charge in [0.1, 0.15) is 0 Å². The van der Waals surface area contributed by atoms with E-state index < -0.39 is 5.41 Å². The van der Waals surface area contributed by atoms with Gasteiger partial charge in [-0.3, -0.25) is 4.90 Å². The molecule has 0 spiro atoms. The molecule has 32 heavy (non-hydrogen) atoms. The van der Waals surface area contributed by atoms with Crippen LogP contribution < -0.4 is 0 Å². The average molecular weight is 472 g/mol. The molecule has 2 aromatic rings. The van der Waals surface area contributed by atoms with Crippen molar-refractivity contribution >= 4 is 23.2 Å². The van der Waals surface area contributed by atoms with Crippen LogP contribution in [0.5, 0.6) is 0 Å². The van der Waals surface area contributed by atoms with Crippen molar-refractivity contribution in [3.05, 3.63) is 69.7 Å². The minimum absolute atomic E-state index is 0.314. The Morgan fingerprint density at radius 3 is 2.19 bits per heavy atom. The highest BCUT2D eigenvalue weighted by atomic mass is 35.5. The van der Waals surface area contributed by atoms with E-state index in [0.717, 1.165) is 44.2 Å². The predicted molar refractivity (Wildman–Crippen MR) is 136 cm³/mol. The van der Waals surface area contributed by atoms with Gasteiger partial charge in [0.15, 0.2) is 0 Å². The maximum Gasteiger partial charge on any atom is 0.0879 e. The molecule has 0 aromatic heterocycles. The van der Waals surface area contributed by atoms with E-state index >= 15 is 0 Å². The molecule has 0 N–H and O–H groups in total. The van der Waals surface area contributed by atoms with Crippen molar-refractivity contribution < 1.29 is 0 Å². The Hall–Kier alpha value is -1.53. The van der Waals surface area contributed by atoms with Gasteiger partial charge in [0, 0.05) is 34.2 Å². The van der Waals surface area contributed by atoms with E-state index in [9.17, 15) is 5.26 Å². The number of hydrogen-bond donors (Lipinski definition) is 0. The zero-order valence-electron chi connectivity index (χ0n) is 19.7. The van der Waals surface area contributed by atoms with Crippen molar-refractivity contribution in [2.45, 2.75) is 83.2 Å². The van der Waals surface area contributed by atoms with Gasteiger partial charge in [-0.15, -0.1) is 0 Å². The lowest BCUT2D eigenvalue weighted by Crippen LogP contribution is -2.42. The first-order valence-electron chi connectivity index (χ1n) is 12.0. The van der Waals surface area contributed by atoms with Crippen LogP contribution in [0.4, 0.5) is 0 Å². The first-order chi connectivity index (χ1) is 15.4. The number of nitrogens with zero attached hydrogens (tertiary/aromatic N) is 2. The Balaban J connectivity index is 1.80. The van der Waals surface area contributed by atoms with E-state index in [2.05, 4.69) is 62.1 Å². The Labute approximate surface area is 204 Å². The molecule has 0 radical (unpaired) electrons. The van der Waals surface area contributed by atoms with E-state index in [-0.39, 0.29) is 0 Å². The Kier molecular flexibility index (Phi) is 9.06. The van der Waals surface area contributed by atoms with Crippen LogP contribution >= 0.6 is 23.2 Å². The Bertz CT molecular complexity index is 879. The highest BCUT2D eigenvalue weighted by molar-refractivity contribution is 6.36. The largest absolute Gasteiger partial charge is 0.298 e. The zero-order chi connectivity index (χ0) is 23.1. The topological polar surface area (TPSA) is 27.0 Å². The third-order valence-electron chi connectivity index (χ3n) is 7.35. The fourth-order valence-corrected chi connectivity index (χ4v) is 6.31. The molecule has 1 fully saturated rings. The van der Waals surface area contributed by atoms with E-state index in [0.29, 0.717) is 28.0 Å². The summed E-state index contributed by atoms with van der Waals surface area (Å²) >= 11 is 13.3. The van der Waals surface area contributed by atoms with Gasteiger partial charge >= 0.3 is 0 Å². The van der Waals surface area contributed by atoms with Gasteiger partial charge in [-0.05, 0) is 76.5 Å². The molecule has 2 unspecified atom stereocenters. The van der Waals surface area contributed by atoms with Crippen molar-refractivity contribution in [1.82, 2.24) is 4.90 Å². The smallest absolute Gasteiger partial charge is 0.0879 e. The maximum absolute atomic E-state index is 10.6. The van der Waals surface area contributed by atoms with Crippen LogP contribution in [0.2, 0.25) is 10.0 Å². The molecule has 0 aliphatic heterocycles. The van der Waals surface area contributed by atoms with Crippen LogP contribution in [0.3, 0.4) is 0 Å². The lowest BCUT2D eigenvalue weighted by atomic mass is 9.67. The SMILES string of the molecule is CC(C)N(CCc1ccccc1)C(C)CCC(C#N)(c1c(Cl)cccc1Cl)C1CCCC1. The standard InChI is InChI=1S/C28H36Cl2N2/c1-21(2)32(19-17-23-10-5-4-6-11-23)22(3)16-18-28(20-31,24-12-7-8-13-24)27-25(29)14-9-15-26(27)30/h4-6,9-11,14-15,21-22,24H,7-8,12-13,16-19H2,1-3H3. The summed E-state index contributed by atoms with van der Waals surface area (Å²) in [6.45, 7) is 7.84. The number of rotatable bonds is 10. The van der Waals surface area contributed by atoms with Gasteiger partial charge in [-0.25, -0.2) is 0 Å². The van der Waals surface area contributed by atoms with E-state index in [1.807, 2.05) is 18.2 Å².